The molecule has 42 heavy (non-hydrogen) atoms. The zero-order valence-corrected chi connectivity index (χ0v) is 22.9. The highest BCUT2D eigenvalue weighted by molar-refractivity contribution is 5.84. The SMILES string of the molecule is O=C(O)C[C@@H]1C/C=C/C[C@H](NC(=O)OCC2c3ccccc3-c3ccccc32)C(=O)O[C@H](c2ccccc2)CNC1=O. The summed E-state index contributed by atoms with van der Waals surface area (Å²) in [6.45, 7) is 0.0408. The number of cyclic esters (lactones) is 1. The first-order valence-corrected chi connectivity index (χ1v) is 13.9. The van der Waals surface area contributed by atoms with Crippen molar-refractivity contribution in [3.8, 4) is 11.1 Å². The topological polar surface area (TPSA) is 131 Å². The van der Waals surface area contributed by atoms with E-state index in [9.17, 15) is 24.3 Å². The van der Waals surface area contributed by atoms with Gasteiger partial charge in [0.1, 0.15) is 18.8 Å². The third-order valence-electron chi connectivity index (χ3n) is 7.56. The molecule has 3 aromatic carbocycles. The van der Waals surface area contributed by atoms with E-state index < -0.39 is 42.0 Å². The molecule has 0 saturated carbocycles. The average Bonchev–Trinajstić information content (AvgIpc) is 3.32. The molecule has 3 atom stereocenters. The van der Waals surface area contributed by atoms with Crippen LogP contribution in [0.3, 0.4) is 0 Å². The normalized spacial score (nSPS) is 21.4. The Morgan fingerprint density at radius 2 is 1.50 bits per heavy atom. The Hall–Kier alpha value is -4.92. The van der Waals surface area contributed by atoms with Gasteiger partial charge in [-0.15, -0.1) is 0 Å². The second-order valence-corrected chi connectivity index (χ2v) is 10.3. The number of rotatable bonds is 6. The number of hydrogen-bond donors (Lipinski definition) is 3. The maximum atomic E-state index is 13.3. The number of hydrogen-bond acceptors (Lipinski definition) is 6. The van der Waals surface area contributed by atoms with E-state index in [0.717, 1.165) is 22.3 Å². The van der Waals surface area contributed by atoms with Gasteiger partial charge < -0.3 is 25.2 Å². The summed E-state index contributed by atoms with van der Waals surface area (Å²) in [7, 11) is 0. The first-order chi connectivity index (χ1) is 20.4. The number of amides is 2. The number of fused-ring (bicyclic) bond motifs is 3. The Bertz CT molecular complexity index is 1440. The highest BCUT2D eigenvalue weighted by atomic mass is 16.6. The Morgan fingerprint density at radius 1 is 0.881 bits per heavy atom. The van der Waals surface area contributed by atoms with E-state index in [2.05, 4.69) is 10.6 Å². The lowest BCUT2D eigenvalue weighted by molar-refractivity contribution is -0.152. The highest BCUT2D eigenvalue weighted by Gasteiger charge is 2.31. The van der Waals surface area contributed by atoms with Crippen molar-refractivity contribution in [1.82, 2.24) is 10.6 Å². The van der Waals surface area contributed by atoms with Crippen molar-refractivity contribution >= 4 is 23.9 Å². The predicted molar refractivity (Wildman–Crippen MR) is 154 cm³/mol. The molecule has 0 saturated heterocycles. The van der Waals surface area contributed by atoms with Gasteiger partial charge >= 0.3 is 18.0 Å². The number of benzene rings is 3. The molecular formula is C33H32N2O7. The summed E-state index contributed by atoms with van der Waals surface area (Å²) in [4.78, 5) is 50.4. The number of allylic oxidation sites excluding steroid dienone is 1. The van der Waals surface area contributed by atoms with Gasteiger partial charge in [-0.25, -0.2) is 9.59 Å². The van der Waals surface area contributed by atoms with E-state index in [1.165, 1.54) is 0 Å². The minimum absolute atomic E-state index is 0.0495. The van der Waals surface area contributed by atoms with Crippen molar-refractivity contribution < 1.29 is 33.8 Å². The lowest BCUT2D eigenvalue weighted by Crippen LogP contribution is -2.44. The zero-order chi connectivity index (χ0) is 29.5. The molecule has 0 spiro atoms. The van der Waals surface area contributed by atoms with Crippen molar-refractivity contribution in [2.75, 3.05) is 13.2 Å². The van der Waals surface area contributed by atoms with Gasteiger partial charge in [0, 0.05) is 5.92 Å². The Labute approximate surface area is 243 Å². The minimum Gasteiger partial charge on any atom is -0.481 e. The van der Waals surface area contributed by atoms with Crippen LogP contribution in [0, 0.1) is 5.92 Å². The summed E-state index contributed by atoms with van der Waals surface area (Å²) >= 11 is 0. The minimum atomic E-state index is -1.09. The largest absolute Gasteiger partial charge is 0.481 e. The number of carboxylic acid groups (broad SMARTS) is 1. The Balaban J connectivity index is 1.31. The number of carbonyl (C=O) groups excluding carboxylic acids is 3. The standard InChI is InChI=1S/C33H32N2O7/c36-30(37)18-22-12-4-9-17-28(32(39)42-29(19-34-31(22)38)21-10-2-1-3-11-21)35-33(40)41-20-27-25-15-7-5-13-23(25)24-14-6-8-16-26(24)27/h1-11,13-16,22,27-29H,12,17-20H2,(H,34,38)(H,35,40)(H,36,37)/b9-4+/t22-,28-,29-/m0/s1. The lowest BCUT2D eigenvalue weighted by atomic mass is 9.98. The van der Waals surface area contributed by atoms with Gasteiger partial charge in [0.25, 0.3) is 0 Å². The summed E-state index contributed by atoms with van der Waals surface area (Å²) in [5.41, 5.74) is 5.01. The molecule has 5 rings (SSSR count). The molecule has 3 N–H and O–H groups in total. The molecule has 1 heterocycles. The molecule has 1 aliphatic heterocycles. The van der Waals surface area contributed by atoms with E-state index in [4.69, 9.17) is 9.47 Å². The molecule has 1 aliphatic carbocycles. The number of carboxylic acids is 1. The third-order valence-corrected chi connectivity index (χ3v) is 7.56. The van der Waals surface area contributed by atoms with Crippen LogP contribution in [0.5, 0.6) is 0 Å². The van der Waals surface area contributed by atoms with Gasteiger partial charge in [0.15, 0.2) is 0 Å². The van der Waals surface area contributed by atoms with Crippen LogP contribution in [-0.4, -0.2) is 48.2 Å². The lowest BCUT2D eigenvalue weighted by Gasteiger charge is -2.24. The fraction of sp³-hybridized carbons (Fsp3) is 0.273. The van der Waals surface area contributed by atoms with Crippen molar-refractivity contribution in [1.29, 1.82) is 0 Å². The smallest absolute Gasteiger partial charge is 0.407 e. The molecule has 9 nitrogen and oxygen atoms in total. The third kappa shape index (κ3) is 6.68. The molecule has 0 radical (unpaired) electrons. The van der Waals surface area contributed by atoms with Crippen molar-refractivity contribution in [2.24, 2.45) is 5.92 Å². The second kappa shape index (κ2) is 13.2. The van der Waals surface area contributed by atoms with E-state index in [1.54, 1.807) is 36.4 Å². The Kier molecular flexibility index (Phi) is 8.96. The maximum absolute atomic E-state index is 13.3. The number of esters is 1. The van der Waals surface area contributed by atoms with Crippen molar-refractivity contribution in [3.05, 3.63) is 108 Å². The summed E-state index contributed by atoms with van der Waals surface area (Å²) in [5, 5.41) is 14.7. The molecule has 0 bridgehead atoms. The number of aliphatic carboxylic acids is 1. The van der Waals surface area contributed by atoms with E-state index in [0.29, 0.717) is 5.56 Å². The van der Waals surface area contributed by atoms with Crippen molar-refractivity contribution in [2.45, 2.75) is 37.3 Å². The van der Waals surface area contributed by atoms with E-state index >= 15 is 0 Å². The molecule has 0 unspecified atom stereocenters. The molecule has 0 fully saturated rings. The van der Waals surface area contributed by atoms with Crippen LogP contribution < -0.4 is 10.6 Å². The number of nitrogens with one attached hydrogen (secondary N) is 2. The second-order valence-electron chi connectivity index (χ2n) is 10.3. The highest BCUT2D eigenvalue weighted by Crippen LogP contribution is 2.44. The molecule has 9 heteroatoms. The molecule has 2 amide bonds. The van der Waals surface area contributed by atoms with Crippen LogP contribution in [0.25, 0.3) is 11.1 Å². The van der Waals surface area contributed by atoms with Crippen LogP contribution >= 0.6 is 0 Å². The first kappa shape index (κ1) is 28.6. The summed E-state index contributed by atoms with van der Waals surface area (Å²) in [5.74, 6) is -3.13. The van der Waals surface area contributed by atoms with Crippen LogP contribution in [0.15, 0.2) is 91.0 Å². The van der Waals surface area contributed by atoms with Crippen LogP contribution in [0.2, 0.25) is 0 Å². The number of ether oxygens (including phenoxy) is 2. The summed E-state index contributed by atoms with van der Waals surface area (Å²) < 4.78 is 11.4. The van der Waals surface area contributed by atoms with E-state index in [1.807, 2.05) is 54.6 Å². The fourth-order valence-corrected chi connectivity index (χ4v) is 5.44. The monoisotopic (exact) mass is 568 g/mol. The molecular weight excluding hydrogens is 536 g/mol. The van der Waals surface area contributed by atoms with Gasteiger partial charge in [-0.1, -0.05) is 91.0 Å². The number of carbonyl (C=O) groups is 4. The van der Waals surface area contributed by atoms with Crippen LogP contribution in [-0.2, 0) is 23.9 Å². The zero-order valence-electron chi connectivity index (χ0n) is 22.9. The summed E-state index contributed by atoms with van der Waals surface area (Å²) in [6, 6.07) is 23.9. The Morgan fingerprint density at radius 3 is 2.17 bits per heavy atom. The molecule has 3 aromatic rings. The predicted octanol–water partition coefficient (Wildman–Crippen LogP) is 4.74. The van der Waals surface area contributed by atoms with Gasteiger partial charge in [-0.05, 0) is 40.7 Å². The van der Waals surface area contributed by atoms with Gasteiger partial charge in [-0.2, -0.15) is 0 Å². The van der Waals surface area contributed by atoms with Gasteiger partial charge in [0.05, 0.1) is 18.9 Å². The van der Waals surface area contributed by atoms with Gasteiger partial charge in [0.2, 0.25) is 5.91 Å². The number of alkyl carbamates (subject to hydrolysis) is 1. The molecule has 216 valence electrons. The van der Waals surface area contributed by atoms with Crippen molar-refractivity contribution in [3.63, 3.8) is 0 Å². The average molecular weight is 569 g/mol. The quantitative estimate of drug-likeness (QED) is 0.289. The molecule has 0 aromatic heterocycles. The first-order valence-electron chi connectivity index (χ1n) is 13.9. The van der Waals surface area contributed by atoms with E-state index in [-0.39, 0.29) is 38.3 Å². The van der Waals surface area contributed by atoms with Crippen LogP contribution in [0.1, 0.15) is 48.0 Å². The molecule has 2 aliphatic rings. The van der Waals surface area contributed by atoms with Gasteiger partial charge in [-0.3, -0.25) is 9.59 Å². The van der Waals surface area contributed by atoms with Crippen LogP contribution in [0.4, 0.5) is 4.79 Å². The summed E-state index contributed by atoms with van der Waals surface area (Å²) in [6.07, 6.45) is 1.58. The maximum Gasteiger partial charge on any atom is 0.407 e. The fourth-order valence-electron chi connectivity index (χ4n) is 5.44.